The molecule has 2 aliphatic carbocycles. The van der Waals surface area contributed by atoms with E-state index in [2.05, 4.69) is 10.6 Å². The number of carbonyl (C=O) groups excluding carboxylic acids is 2. The van der Waals surface area contributed by atoms with Crippen LogP contribution in [0.4, 0.5) is 0 Å². The second-order valence-electron chi connectivity index (χ2n) is 6.31. The molecule has 3 unspecified atom stereocenters. The molecule has 0 heterocycles. The Kier molecular flexibility index (Phi) is 4.65. The molecule has 3 atom stereocenters. The van der Waals surface area contributed by atoms with Crippen LogP contribution in [0.2, 0.25) is 0 Å². The molecule has 6 N–H and O–H groups in total. The van der Waals surface area contributed by atoms with E-state index in [-0.39, 0.29) is 17.9 Å². The van der Waals surface area contributed by atoms with Crippen molar-refractivity contribution in [3.63, 3.8) is 0 Å². The van der Waals surface area contributed by atoms with Gasteiger partial charge in [0.1, 0.15) is 0 Å². The lowest BCUT2D eigenvalue weighted by atomic mass is 9.73. The third kappa shape index (κ3) is 3.49. The summed E-state index contributed by atoms with van der Waals surface area (Å²) in [7, 11) is 1.74. The van der Waals surface area contributed by atoms with Crippen molar-refractivity contribution in [2.24, 2.45) is 17.4 Å². The number of rotatable bonds is 7. The summed E-state index contributed by atoms with van der Waals surface area (Å²) < 4.78 is 0. The van der Waals surface area contributed by atoms with Gasteiger partial charge in [-0.15, -0.1) is 0 Å². The molecule has 2 saturated carbocycles. The number of likely N-dealkylation sites (N-methyl/N-ethyl adjacent to an activating group) is 1. The normalized spacial score (nSPS) is 31.8. The molecular formula is C14H26N4O2. The van der Waals surface area contributed by atoms with Gasteiger partial charge in [-0.3, -0.25) is 9.59 Å². The molecule has 0 aromatic heterocycles. The van der Waals surface area contributed by atoms with Crippen LogP contribution < -0.4 is 22.1 Å². The van der Waals surface area contributed by atoms with Crippen LogP contribution in [0.1, 0.15) is 44.9 Å². The van der Waals surface area contributed by atoms with Gasteiger partial charge in [-0.2, -0.15) is 0 Å². The van der Waals surface area contributed by atoms with Crippen molar-refractivity contribution < 1.29 is 9.59 Å². The van der Waals surface area contributed by atoms with Gasteiger partial charge < -0.3 is 22.1 Å². The Labute approximate surface area is 120 Å². The predicted molar refractivity (Wildman–Crippen MR) is 76.7 cm³/mol. The summed E-state index contributed by atoms with van der Waals surface area (Å²) in [5.74, 6) is -0.292. The second kappa shape index (κ2) is 6.10. The minimum Gasteiger partial charge on any atom is -0.368 e. The fraction of sp³-hybridized carbons (Fsp3) is 0.857. The van der Waals surface area contributed by atoms with E-state index in [4.69, 9.17) is 11.5 Å². The zero-order valence-electron chi connectivity index (χ0n) is 12.2. The van der Waals surface area contributed by atoms with Crippen molar-refractivity contribution >= 4 is 11.8 Å². The highest BCUT2D eigenvalue weighted by molar-refractivity contribution is 5.85. The van der Waals surface area contributed by atoms with E-state index in [1.807, 2.05) is 0 Å². The number of hydrogen-bond acceptors (Lipinski definition) is 4. The molecule has 0 saturated heterocycles. The van der Waals surface area contributed by atoms with Gasteiger partial charge in [-0.05, 0) is 45.1 Å². The lowest BCUT2D eigenvalue weighted by Crippen LogP contribution is -2.59. The van der Waals surface area contributed by atoms with Gasteiger partial charge in [-0.1, -0.05) is 12.8 Å². The van der Waals surface area contributed by atoms with Crippen molar-refractivity contribution in [2.75, 3.05) is 7.05 Å². The van der Waals surface area contributed by atoms with Crippen LogP contribution in [-0.2, 0) is 9.59 Å². The van der Waals surface area contributed by atoms with Crippen LogP contribution in [0, 0.1) is 5.92 Å². The third-order valence-corrected chi connectivity index (χ3v) is 4.64. The molecule has 0 spiro atoms. The molecule has 0 aliphatic heterocycles. The number of amides is 2. The standard InChI is InChI=1S/C14H26N4O2/c1-17-11(12(15)19)7-9-3-2-6-14(8-9,13(16)20)18-10-4-5-10/h9-11,17-18H,2-8H2,1H3,(H2,15,19)(H2,16,20). The molecule has 20 heavy (non-hydrogen) atoms. The maximum absolute atomic E-state index is 11.9. The molecule has 2 aliphatic rings. The molecule has 0 aromatic rings. The lowest BCUT2D eigenvalue weighted by Gasteiger charge is -2.40. The molecule has 114 valence electrons. The SMILES string of the molecule is CNC(CC1CCCC(NC2CC2)(C(N)=O)C1)C(N)=O. The number of carbonyl (C=O) groups is 2. The smallest absolute Gasteiger partial charge is 0.237 e. The molecule has 6 nitrogen and oxygen atoms in total. The van der Waals surface area contributed by atoms with Gasteiger partial charge in [-0.25, -0.2) is 0 Å². The lowest BCUT2D eigenvalue weighted by molar-refractivity contribution is -0.126. The summed E-state index contributed by atoms with van der Waals surface area (Å²) in [6, 6.07) is 0.113. The summed E-state index contributed by atoms with van der Waals surface area (Å²) in [6.07, 6.45) is 6.42. The predicted octanol–water partition coefficient (Wildman–Crippen LogP) is -0.384. The van der Waals surface area contributed by atoms with Crippen LogP contribution in [0.25, 0.3) is 0 Å². The van der Waals surface area contributed by atoms with Gasteiger partial charge >= 0.3 is 0 Å². The van der Waals surface area contributed by atoms with Gasteiger partial charge in [0.2, 0.25) is 11.8 Å². The van der Waals surface area contributed by atoms with E-state index in [1.54, 1.807) is 7.05 Å². The molecule has 0 aromatic carbocycles. The van der Waals surface area contributed by atoms with Crippen LogP contribution in [0.5, 0.6) is 0 Å². The molecule has 0 radical (unpaired) electrons. The van der Waals surface area contributed by atoms with Crippen LogP contribution >= 0.6 is 0 Å². The molecule has 6 heteroatoms. The third-order valence-electron chi connectivity index (χ3n) is 4.64. The fourth-order valence-corrected chi connectivity index (χ4v) is 3.34. The molecule has 2 fully saturated rings. The zero-order valence-corrected chi connectivity index (χ0v) is 12.2. The Hall–Kier alpha value is -1.14. The molecule has 2 rings (SSSR count). The van der Waals surface area contributed by atoms with E-state index < -0.39 is 5.54 Å². The quantitative estimate of drug-likeness (QED) is 0.510. The Balaban J connectivity index is 2.01. The molecule has 0 bridgehead atoms. The van der Waals surface area contributed by atoms with Crippen molar-refractivity contribution in [3.8, 4) is 0 Å². The largest absolute Gasteiger partial charge is 0.368 e. The van der Waals surface area contributed by atoms with Crippen molar-refractivity contribution in [1.82, 2.24) is 10.6 Å². The Bertz CT molecular complexity index is 383. The van der Waals surface area contributed by atoms with Crippen molar-refractivity contribution in [1.29, 1.82) is 0 Å². The monoisotopic (exact) mass is 282 g/mol. The summed E-state index contributed by atoms with van der Waals surface area (Å²) in [5, 5.41) is 6.39. The fourth-order valence-electron chi connectivity index (χ4n) is 3.34. The van der Waals surface area contributed by atoms with Gasteiger partial charge in [0.25, 0.3) is 0 Å². The van der Waals surface area contributed by atoms with Crippen molar-refractivity contribution in [3.05, 3.63) is 0 Å². The number of primary amides is 2. The first-order chi connectivity index (χ1) is 9.47. The summed E-state index contributed by atoms with van der Waals surface area (Å²) >= 11 is 0. The number of hydrogen-bond donors (Lipinski definition) is 4. The summed E-state index contributed by atoms with van der Waals surface area (Å²) in [5.41, 5.74) is 10.4. The molecule has 2 amide bonds. The van der Waals surface area contributed by atoms with Gasteiger partial charge in [0.05, 0.1) is 11.6 Å². The molecular weight excluding hydrogens is 256 g/mol. The number of nitrogens with two attached hydrogens (primary N) is 2. The van der Waals surface area contributed by atoms with Crippen LogP contribution in [-0.4, -0.2) is 36.5 Å². The first-order valence-corrected chi connectivity index (χ1v) is 7.51. The van der Waals surface area contributed by atoms with Gasteiger partial charge in [0, 0.05) is 6.04 Å². The average molecular weight is 282 g/mol. The van der Waals surface area contributed by atoms with E-state index in [0.717, 1.165) is 32.1 Å². The van der Waals surface area contributed by atoms with Crippen LogP contribution in [0.15, 0.2) is 0 Å². The first kappa shape index (κ1) is 15.3. The van der Waals surface area contributed by atoms with E-state index in [1.165, 1.54) is 0 Å². The maximum Gasteiger partial charge on any atom is 0.237 e. The first-order valence-electron chi connectivity index (χ1n) is 7.51. The average Bonchev–Trinajstić information content (AvgIpc) is 3.19. The Morgan fingerprint density at radius 2 is 2.00 bits per heavy atom. The zero-order chi connectivity index (χ0) is 14.8. The van der Waals surface area contributed by atoms with E-state index in [0.29, 0.717) is 24.8 Å². The Morgan fingerprint density at radius 1 is 1.30 bits per heavy atom. The topological polar surface area (TPSA) is 110 Å². The minimum atomic E-state index is -0.583. The summed E-state index contributed by atoms with van der Waals surface area (Å²) in [4.78, 5) is 23.3. The van der Waals surface area contributed by atoms with E-state index in [9.17, 15) is 9.59 Å². The maximum atomic E-state index is 11.9. The second-order valence-corrected chi connectivity index (χ2v) is 6.31. The number of nitrogens with one attached hydrogen (secondary N) is 2. The van der Waals surface area contributed by atoms with E-state index >= 15 is 0 Å². The summed E-state index contributed by atoms with van der Waals surface area (Å²) in [6.45, 7) is 0. The van der Waals surface area contributed by atoms with Gasteiger partial charge in [0.15, 0.2) is 0 Å². The highest BCUT2D eigenvalue weighted by Crippen LogP contribution is 2.37. The Morgan fingerprint density at radius 3 is 2.50 bits per heavy atom. The van der Waals surface area contributed by atoms with Crippen molar-refractivity contribution in [2.45, 2.75) is 62.6 Å². The minimum absolute atomic E-state index is 0.255. The van der Waals surface area contributed by atoms with Crippen LogP contribution in [0.3, 0.4) is 0 Å². The highest BCUT2D eigenvalue weighted by Gasteiger charge is 2.44. The highest BCUT2D eigenvalue weighted by atomic mass is 16.2.